The highest BCUT2D eigenvalue weighted by molar-refractivity contribution is 4.73. The van der Waals surface area contributed by atoms with Gasteiger partial charge in [-0.2, -0.15) is 0 Å². The first-order valence-corrected chi connectivity index (χ1v) is 6.10. The van der Waals surface area contributed by atoms with E-state index < -0.39 is 0 Å². The molecule has 0 radical (unpaired) electrons. The Kier molecular flexibility index (Phi) is 6.22. The molecule has 0 aromatic carbocycles. The van der Waals surface area contributed by atoms with E-state index in [1.165, 1.54) is 12.8 Å². The standard InChI is InChI=1S/C12H25NO2/c1-10(9-15-2)7-13-8-11-3-5-12(14)6-4-11/h10-14H,3-9H2,1-2H3. The Labute approximate surface area is 93.2 Å². The summed E-state index contributed by atoms with van der Waals surface area (Å²) in [5.41, 5.74) is 0. The summed E-state index contributed by atoms with van der Waals surface area (Å²) in [5, 5.41) is 12.9. The molecule has 2 N–H and O–H groups in total. The molecule has 0 aromatic heterocycles. The van der Waals surface area contributed by atoms with Crippen molar-refractivity contribution in [1.29, 1.82) is 0 Å². The Balaban J connectivity index is 2.00. The molecule has 0 bridgehead atoms. The van der Waals surface area contributed by atoms with Gasteiger partial charge >= 0.3 is 0 Å². The summed E-state index contributed by atoms with van der Waals surface area (Å²) >= 11 is 0. The molecule has 1 aliphatic rings. The minimum atomic E-state index is -0.0336. The first-order valence-electron chi connectivity index (χ1n) is 6.10. The normalized spacial score (nSPS) is 29.0. The lowest BCUT2D eigenvalue weighted by atomic mass is 9.87. The molecule has 90 valence electrons. The van der Waals surface area contributed by atoms with Gasteiger partial charge < -0.3 is 15.2 Å². The summed E-state index contributed by atoms with van der Waals surface area (Å²) in [5.74, 6) is 1.35. The van der Waals surface area contributed by atoms with Gasteiger partial charge in [-0.1, -0.05) is 6.92 Å². The Morgan fingerprint density at radius 3 is 2.60 bits per heavy atom. The molecular formula is C12H25NO2. The molecular weight excluding hydrogens is 190 g/mol. The predicted molar refractivity (Wildman–Crippen MR) is 61.9 cm³/mol. The molecule has 15 heavy (non-hydrogen) atoms. The maximum absolute atomic E-state index is 9.37. The highest BCUT2D eigenvalue weighted by Gasteiger charge is 2.18. The van der Waals surface area contributed by atoms with Crippen LogP contribution in [-0.4, -0.2) is 38.0 Å². The zero-order chi connectivity index (χ0) is 11.1. The van der Waals surface area contributed by atoms with Gasteiger partial charge in [0.05, 0.1) is 6.10 Å². The van der Waals surface area contributed by atoms with E-state index in [0.29, 0.717) is 5.92 Å². The molecule has 1 saturated carbocycles. The van der Waals surface area contributed by atoms with Gasteiger partial charge in [0.25, 0.3) is 0 Å². The van der Waals surface area contributed by atoms with E-state index in [-0.39, 0.29) is 6.10 Å². The Morgan fingerprint density at radius 1 is 1.33 bits per heavy atom. The van der Waals surface area contributed by atoms with Crippen molar-refractivity contribution in [2.24, 2.45) is 11.8 Å². The summed E-state index contributed by atoms with van der Waals surface area (Å²) in [6.45, 7) is 5.16. The van der Waals surface area contributed by atoms with Crippen molar-refractivity contribution in [3.05, 3.63) is 0 Å². The Hall–Kier alpha value is -0.120. The third-order valence-corrected chi connectivity index (χ3v) is 3.19. The molecule has 1 aliphatic carbocycles. The second-order valence-electron chi connectivity index (χ2n) is 4.89. The third-order valence-electron chi connectivity index (χ3n) is 3.19. The molecule has 0 spiro atoms. The minimum Gasteiger partial charge on any atom is -0.393 e. The number of hydrogen-bond donors (Lipinski definition) is 2. The molecule has 0 saturated heterocycles. The number of methoxy groups -OCH3 is 1. The molecule has 1 unspecified atom stereocenters. The van der Waals surface area contributed by atoms with E-state index in [1.807, 2.05) is 0 Å². The van der Waals surface area contributed by atoms with E-state index in [0.717, 1.165) is 38.5 Å². The first kappa shape index (κ1) is 12.9. The fourth-order valence-electron chi connectivity index (χ4n) is 2.23. The molecule has 3 nitrogen and oxygen atoms in total. The summed E-state index contributed by atoms with van der Waals surface area (Å²) in [6.07, 6.45) is 4.29. The van der Waals surface area contributed by atoms with Crippen LogP contribution in [0.3, 0.4) is 0 Å². The van der Waals surface area contributed by atoms with Crippen LogP contribution < -0.4 is 5.32 Å². The monoisotopic (exact) mass is 215 g/mol. The fourth-order valence-corrected chi connectivity index (χ4v) is 2.23. The van der Waals surface area contributed by atoms with E-state index >= 15 is 0 Å². The van der Waals surface area contributed by atoms with Gasteiger partial charge in [-0.05, 0) is 50.6 Å². The number of aliphatic hydroxyl groups excluding tert-OH is 1. The van der Waals surface area contributed by atoms with Gasteiger partial charge in [-0.3, -0.25) is 0 Å². The van der Waals surface area contributed by atoms with Gasteiger partial charge in [-0.25, -0.2) is 0 Å². The Bertz CT molecular complexity index is 156. The van der Waals surface area contributed by atoms with Gasteiger partial charge in [0.1, 0.15) is 0 Å². The molecule has 0 aliphatic heterocycles. The zero-order valence-corrected chi connectivity index (χ0v) is 10.0. The summed E-state index contributed by atoms with van der Waals surface area (Å²) in [6, 6.07) is 0. The third kappa shape index (κ3) is 5.50. The molecule has 0 amide bonds. The average Bonchev–Trinajstić information content (AvgIpc) is 2.21. The topological polar surface area (TPSA) is 41.5 Å². The lowest BCUT2D eigenvalue weighted by molar-refractivity contribution is 0.107. The first-order chi connectivity index (χ1) is 7.22. The second kappa shape index (κ2) is 7.20. The van der Waals surface area contributed by atoms with Gasteiger partial charge in [-0.15, -0.1) is 0 Å². The van der Waals surface area contributed by atoms with Crippen molar-refractivity contribution in [1.82, 2.24) is 5.32 Å². The van der Waals surface area contributed by atoms with Crippen LogP contribution >= 0.6 is 0 Å². The van der Waals surface area contributed by atoms with E-state index in [2.05, 4.69) is 12.2 Å². The van der Waals surface area contributed by atoms with Crippen molar-refractivity contribution in [2.45, 2.75) is 38.7 Å². The van der Waals surface area contributed by atoms with E-state index in [4.69, 9.17) is 4.74 Å². The molecule has 1 fully saturated rings. The van der Waals surface area contributed by atoms with Crippen molar-refractivity contribution in [3.63, 3.8) is 0 Å². The molecule has 0 aromatic rings. The van der Waals surface area contributed by atoms with Gasteiger partial charge in [0.2, 0.25) is 0 Å². The van der Waals surface area contributed by atoms with Crippen LogP contribution in [0.5, 0.6) is 0 Å². The van der Waals surface area contributed by atoms with E-state index in [9.17, 15) is 5.11 Å². The number of nitrogens with one attached hydrogen (secondary N) is 1. The number of hydrogen-bond acceptors (Lipinski definition) is 3. The molecule has 0 heterocycles. The maximum atomic E-state index is 9.37. The summed E-state index contributed by atoms with van der Waals surface area (Å²) in [7, 11) is 1.75. The zero-order valence-electron chi connectivity index (χ0n) is 10.0. The minimum absolute atomic E-state index is 0.0336. The van der Waals surface area contributed by atoms with E-state index in [1.54, 1.807) is 7.11 Å². The highest BCUT2D eigenvalue weighted by Crippen LogP contribution is 2.23. The average molecular weight is 215 g/mol. The number of ether oxygens (including phenoxy) is 1. The van der Waals surface area contributed by atoms with Crippen molar-refractivity contribution in [3.8, 4) is 0 Å². The maximum Gasteiger partial charge on any atom is 0.0540 e. The quantitative estimate of drug-likeness (QED) is 0.704. The van der Waals surface area contributed by atoms with Crippen LogP contribution in [-0.2, 0) is 4.74 Å². The van der Waals surface area contributed by atoms with Crippen molar-refractivity contribution < 1.29 is 9.84 Å². The number of rotatable bonds is 6. The summed E-state index contributed by atoms with van der Waals surface area (Å²) < 4.78 is 5.09. The lowest BCUT2D eigenvalue weighted by Crippen LogP contribution is -2.31. The van der Waals surface area contributed by atoms with Gasteiger partial charge in [0, 0.05) is 13.7 Å². The van der Waals surface area contributed by atoms with Crippen LogP contribution in [0.15, 0.2) is 0 Å². The molecule has 1 atom stereocenters. The van der Waals surface area contributed by atoms with Crippen molar-refractivity contribution in [2.75, 3.05) is 26.8 Å². The van der Waals surface area contributed by atoms with Crippen LogP contribution in [0.25, 0.3) is 0 Å². The van der Waals surface area contributed by atoms with Crippen LogP contribution in [0, 0.1) is 11.8 Å². The van der Waals surface area contributed by atoms with Crippen molar-refractivity contribution >= 4 is 0 Å². The smallest absolute Gasteiger partial charge is 0.0540 e. The fraction of sp³-hybridized carbons (Fsp3) is 1.00. The number of aliphatic hydroxyl groups is 1. The SMILES string of the molecule is COCC(C)CNCC1CCC(O)CC1. The predicted octanol–water partition coefficient (Wildman–Crippen LogP) is 1.41. The summed E-state index contributed by atoms with van der Waals surface area (Å²) in [4.78, 5) is 0. The highest BCUT2D eigenvalue weighted by atomic mass is 16.5. The molecule has 3 heteroatoms. The van der Waals surface area contributed by atoms with Crippen LogP contribution in [0.2, 0.25) is 0 Å². The largest absolute Gasteiger partial charge is 0.393 e. The lowest BCUT2D eigenvalue weighted by Gasteiger charge is -2.26. The Morgan fingerprint density at radius 2 is 2.00 bits per heavy atom. The second-order valence-corrected chi connectivity index (χ2v) is 4.89. The van der Waals surface area contributed by atoms with Crippen LogP contribution in [0.1, 0.15) is 32.6 Å². The van der Waals surface area contributed by atoms with Crippen LogP contribution in [0.4, 0.5) is 0 Å². The van der Waals surface area contributed by atoms with Gasteiger partial charge in [0.15, 0.2) is 0 Å². The molecule has 1 rings (SSSR count).